The van der Waals surface area contributed by atoms with Gasteiger partial charge >= 0.3 is 10.4 Å². The van der Waals surface area contributed by atoms with Gasteiger partial charge in [-0.05, 0) is 12.1 Å². The second-order valence-corrected chi connectivity index (χ2v) is 7.16. The molecule has 2 aliphatic rings. The van der Waals surface area contributed by atoms with Gasteiger partial charge in [-0.15, -0.1) is 8.42 Å². The lowest BCUT2D eigenvalue weighted by atomic mass is 9.98. The molecular formula is C18H9NO6S. The molecule has 0 radical (unpaired) electrons. The van der Waals surface area contributed by atoms with Crippen molar-refractivity contribution >= 4 is 32.9 Å². The van der Waals surface area contributed by atoms with Crippen LogP contribution in [0.5, 0.6) is 11.5 Å². The first-order valence-electron chi connectivity index (χ1n) is 7.69. The standard InChI is InChI=1S/C18H9NO6S/c20-17-11-3-1-2-4-12(11)18(21)15(17)13-6-5-9-7-10-8-14(16(9)19-13)25-26(22,23)24-10/h1-8,15H. The molecule has 2 heterocycles. The molecule has 2 aromatic carbocycles. The number of fused-ring (bicyclic) bond motifs is 5. The molecule has 0 atom stereocenters. The first kappa shape index (κ1) is 15.0. The summed E-state index contributed by atoms with van der Waals surface area (Å²) in [6, 6.07) is 12.8. The van der Waals surface area contributed by atoms with E-state index in [9.17, 15) is 18.0 Å². The van der Waals surface area contributed by atoms with Gasteiger partial charge in [0.25, 0.3) is 0 Å². The molecule has 3 aromatic rings. The maximum Gasteiger partial charge on any atom is 0.501 e. The fourth-order valence-electron chi connectivity index (χ4n) is 3.32. The zero-order valence-corrected chi connectivity index (χ0v) is 13.8. The van der Waals surface area contributed by atoms with Gasteiger partial charge < -0.3 is 8.37 Å². The highest BCUT2D eigenvalue weighted by Gasteiger charge is 2.40. The van der Waals surface area contributed by atoms with Crippen molar-refractivity contribution in [2.45, 2.75) is 5.92 Å². The maximum absolute atomic E-state index is 12.7. The van der Waals surface area contributed by atoms with Crippen LogP contribution in [0.4, 0.5) is 0 Å². The highest BCUT2D eigenvalue weighted by Crippen LogP contribution is 2.38. The Morgan fingerprint density at radius 2 is 1.58 bits per heavy atom. The summed E-state index contributed by atoms with van der Waals surface area (Å²) in [6.07, 6.45) is 0. The summed E-state index contributed by atoms with van der Waals surface area (Å²) < 4.78 is 32.8. The molecular weight excluding hydrogens is 358 g/mol. The quantitative estimate of drug-likeness (QED) is 0.609. The molecule has 5 rings (SSSR count). The van der Waals surface area contributed by atoms with Crippen LogP contribution in [0.1, 0.15) is 32.3 Å². The Morgan fingerprint density at radius 3 is 2.27 bits per heavy atom. The number of aromatic nitrogens is 1. The van der Waals surface area contributed by atoms with Crippen molar-refractivity contribution in [3.8, 4) is 11.5 Å². The summed E-state index contributed by atoms with van der Waals surface area (Å²) in [6.45, 7) is 0. The molecule has 1 aromatic heterocycles. The smallest absolute Gasteiger partial charge is 0.353 e. The number of ketones is 2. The molecule has 0 saturated heterocycles. The summed E-state index contributed by atoms with van der Waals surface area (Å²) in [5, 5.41) is 0.576. The fraction of sp³-hybridized carbons (Fsp3) is 0.0556. The molecule has 7 nitrogen and oxygen atoms in total. The van der Waals surface area contributed by atoms with Gasteiger partial charge in [-0.2, -0.15) is 0 Å². The van der Waals surface area contributed by atoms with Crippen molar-refractivity contribution < 1.29 is 26.4 Å². The zero-order valence-electron chi connectivity index (χ0n) is 13.0. The third kappa shape index (κ3) is 2.05. The minimum absolute atomic E-state index is 0.000934. The van der Waals surface area contributed by atoms with Crippen LogP contribution in [0.3, 0.4) is 0 Å². The summed E-state index contributed by atoms with van der Waals surface area (Å²) >= 11 is 0. The number of Topliss-reactive ketones (excluding diaryl/α,β-unsaturated/α-hetero) is 2. The summed E-state index contributed by atoms with van der Waals surface area (Å²) in [7, 11) is -4.19. The van der Waals surface area contributed by atoms with Crippen molar-refractivity contribution in [2.75, 3.05) is 0 Å². The predicted molar refractivity (Wildman–Crippen MR) is 89.8 cm³/mol. The van der Waals surface area contributed by atoms with Gasteiger partial charge in [0.1, 0.15) is 11.4 Å². The number of nitrogens with zero attached hydrogens (tertiary/aromatic N) is 1. The van der Waals surface area contributed by atoms with E-state index in [1.807, 2.05) is 0 Å². The SMILES string of the molecule is O=C1c2ccccc2C(=O)C1c1ccc2cc3cc(c2n1)OS(=O)(=O)O3. The van der Waals surface area contributed by atoms with Crippen LogP contribution in [0.2, 0.25) is 0 Å². The lowest BCUT2D eigenvalue weighted by Gasteiger charge is -2.17. The van der Waals surface area contributed by atoms with E-state index in [2.05, 4.69) is 4.98 Å². The van der Waals surface area contributed by atoms with Crippen molar-refractivity contribution in [1.82, 2.24) is 4.98 Å². The summed E-state index contributed by atoms with van der Waals surface area (Å²) in [5.74, 6) is -1.56. The Bertz CT molecular complexity index is 1210. The molecule has 0 unspecified atom stereocenters. The molecule has 0 saturated carbocycles. The molecule has 128 valence electrons. The van der Waals surface area contributed by atoms with Gasteiger partial charge in [0.15, 0.2) is 23.1 Å². The molecule has 0 N–H and O–H groups in total. The number of pyridine rings is 1. The van der Waals surface area contributed by atoms with Crippen molar-refractivity contribution in [3.63, 3.8) is 0 Å². The number of carbonyl (C=O) groups excluding carboxylic acids is 2. The number of rotatable bonds is 1. The second-order valence-electron chi connectivity index (χ2n) is 6.01. The van der Waals surface area contributed by atoms with E-state index in [-0.39, 0.29) is 34.3 Å². The van der Waals surface area contributed by atoms with Crippen molar-refractivity contribution in [2.24, 2.45) is 0 Å². The monoisotopic (exact) mass is 367 g/mol. The third-order valence-electron chi connectivity index (χ3n) is 4.42. The Kier molecular flexibility index (Phi) is 2.83. The van der Waals surface area contributed by atoms with Crippen LogP contribution in [0.15, 0.2) is 48.5 Å². The zero-order chi connectivity index (χ0) is 18.1. The van der Waals surface area contributed by atoms with Crippen LogP contribution in [0, 0.1) is 0 Å². The van der Waals surface area contributed by atoms with E-state index in [1.165, 1.54) is 12.1 Å². The van der Waals surface area contributed by atoms with Gasteiger partial charge in [0, 0.05) is 22.6 Å². The number of benzene rings is 2. The highest BCUT2D eigenvalue weighted by atomic mass is 32.3. The van der Waals surface area contributed by atoms with Gasteiger partial charge in [-0.3, -0.25) is 9.59 Å². The van der Waals surface area contributed by atoms with Crippen molar-refractivity contribution in [3.05, 3.63) is 65.4 Å². The lowest BCUT2D eigenvalue weighted by molar-refractivity contribution is 0.0888. The first-order valence-corrected chi connectivity index (χ1v) is 9.02. The van der Waals surface area contributed by atoms with E-state index in [4.69, 9.17) is 8.37 Å². The predicted octanol–water partition coefficient (Wildman–Crippen LogP) is 2.41. The van der Waals surface area contributed by atoms with Gasteiger partial charge in [0.2, 0.25) is 0 Å². The normalized spacial score (nSPS) is 17.7. The molecule has 26 heavy (non-hydrogen) atoms. The van der Waals surface area contributed by atoms with E-state index in [1.54, 1.807) is 36.4 Å². The lowest BCUT2D eigenvalue weighted by Crippen LogP contribution is -2.20. The molecule has 1 aliphatic heterocycles. The minimum atomic E-state index is -4.19. The largest absolute Gasteiger partial charge is 0.501 e. The average Bonchev–Trinajstić information content (AvgIpc) is 2.85. The minimum Gasteiger partial charge on any atom is -0.353 e. The molecule has 1 aliphatic carbocycles. The van der Waals surface area contributed by atoms with Gasteiger partial charge in [0.05, 0.1) is 5.69 Å². The van der Waals surface area contributed by atoms with Crippen molar-refractivity contribution in [1.29, 1.82) is 0 Å². The molecule has 8 heteroatoms. The van der Waals surface area contributed by atoms with Gasteiger partial charge in [-0.1, -0.05) is 30.3 Å². The Balaban J connectivity index is 1.67. The van der Waals surface area contributed by atoms with Crippen LogP contribution < -0.4 is 8.37 Å². The number of hydrogen-bond acceptors (Lipinski definition) is 7. The maximum atomic E-state index is 12.7. The summed E-state index contributed by atoms with van der Waals surface area (Å²) in [5.41, 5.74) is 1.23. The number of hydrogen-bond donors (Lipinski definition) is 0. The van der Waals surface area contributed by atoms with Crippen LogP contribution in [0.25, 0.3) is 10.9 Å². The van der Waals surface area contributed by atoms with E-state index in [0.29, 0.717) is 16.5 Å². The average molecular weight is 367 g/mol. The molecule has 2 bridgehead atoms. The second kappa shape index (κ2) is 4.89. The summed E-state index contributed by atoms with van der Waals surface area (Å²) in [4.78, 5) is 29.7. The van der Waals surface area contributed by atoms with Gasteiger partial charge in [-0.25, -0.2) is 4.98 Å². The number of carbonyl (C=O) groups is 2. The first-order chi connectivity index (χ1) is 12.4. The third-order valence-corrected chi connectivity index (χ3v) is 5.20. The van der Waals surface area contributed by atoms with E-state index >= 15 is 0 Å². The Hall–Kier alpha value is -3.26. The van der Waals surface area contributed by atoms with Crippen LogP contribution in [-0.4, -0.2) is 25.0 Å². The fourth-order valence-corrected chi connectivity index (χ4v) is 4.03. The Labute approximate surface area is 147 Å². The molecule has 0 spiro atoms. The van der Waals surface area contributed by atoms with E-state index < -0.39 is 16.3 Å². The molecule has 0 amide bonds. The van der Waals surface area contributed by atoms with E-state index in [0.717, 1.165) is 0 Å². The Morgan fingerprint density at radius 1 is 0.885 bits per heavy atom. The van der Waals surface area contributed by atoms with Crippen LogP contribution in [-0.2, 0) is 10.4 Å². The topological polar surface area (TPSA) is 99.6 Å². The molecule has 0 fully saturated rings. The van der Waals surface area contributed by atoms with Crippen LogP contribution >= 0.6 is 0 Å². The highest BCUT2D eigenvalue weighted by molar-refractivity contribution is 7.82.